The van der Waals surface area contributed by atoms with Crippen molar-refractivity contribution < 1.29 is 5.11 Å². The molecule has 1 aliphatic heterocycles. The van der Waals surface area contributed by atoms with Crippen LogP contribution in [0.1, 0.15) is 6.42 Å². The molecule has 0 fully saturated rings. The molecule has 1 unspecified atom stereocenters. The summed E-state index contributed by atoms with van der Waals surface area (Å²) in [5.41, 5.74) is 10.6. The van der Waals surface area contributed by atoms with Gasteiger partial charge in [0.25, 0.3) is 0 Å². The molecule has 0 radical (unpaired) electrons. The molecule has 0 aromatic heterocycles. The summed E-state index contributed by atoms with van der Waals surface area (Å²) in [5.74, 6) is -1.05. The summed E-state index contributed by atoms with van der Waals surface area (Å²) in [5, 5.41) is 15.5. The van der Waals surface area contributed by atoms with Gasteiger partial charge in [0.15, 0.2) is 0 Å². The van der Waals surface area contributed by atoms with Crippen molar-refractivity contribution in [2.75, 3.05) is 6.61 Å². The number of aliphatic imine (C=N–C) groups is 1. The van der Waals surface area contributed by atoms with E-state index in [1.165, 1.54) is 0 Å². The molecule has 1 aliphatic rings. The zero-order chi connectivity index (χ0) is 7.61. The van der Waals surface area contributed by atoms with Gasteiger partial charge in [-0.25, -0.2) is 4.99 Å². The highest BCUT2D eigenvalue weighted by molar-refractivity contribution is 5.79. The van der Waals surface area contributed by atoms with Gasteiger partial charge in [-0.05, 0) is 0 Å². The Kier molecular flexibility index (Phi) is 1.64. The van der Waals surface area contributed by atoms with Crippen molar-refractivity contribution >= 4 is 5.96 Å². The van der Waals surface area contributed by atoms with E-state index < -0.39 is 5.79 Å². The number of hydrogen-bond acceptors (Lipinski definition) is 6. The average molecular weight is 143 g/mol. The number of aliphatic hydroxyl groups is 1. The Balaban J connectivity index is 2.64. The van der Waals surface area contributed by atoms with Gasteiger partial charge in [-0.1, -0.05) is 0 Å². The van der Waals surface area contributed by atoms with Crippen LogP contribution in [0.2, 0.25) is 0 Å². The van der Waals surface area contributed by atoms with E-state index >= 15 is 0 Å². The summed E-state index contributed by atoms with van der Waals surface area (Å²) >= 11 is 0. The maximum Gasteiger partial charge on any atom is 0.238 e. The van der Waals surface area contributed by atoms with E-state index in [0.717, 1.165) is 0 Å². The lowest BCUT2D eigenvalue weighted by Crippen LogP contribution is -2.35. The van der Waals surface area contributed by atoms with Crippen molar-refractivity contribution in [2.45, 2.75) is 12.2 Å². The van der Waals surface area contributed by atoms with E-state index in [4.69, 9.17) is 16.6 Å². The Bertz CT molecular complexity index is 188. The van der Waals surface area contributed by atoms with Gasteiger partial charge in [0.2, 0.25) is 11.7 Å². The minimum atomic E-state index is -1.11. The Morgan fingerprint density at radius 2 is 2.30 bits per heavy atom. The predicted octanol–water partition coefficient (Wildman–Crippen LogP) is -1.24. The van der Waals surface area contributed by atoms with Gasteiger partial charge in [-0.3, -0.25) is 5.73 Å². The lowest BCUT2D eigenvalue weighted by molar-refractivity contribution is 0.245. The lowest BCUT2D eigenvalue weighted by atomic mass is 10.3. The third-order valence-corrected chi connectivity index (χ3v) is 1.11. The third-order valence-electron chi connectivity index (χ3n) is 1.11. The zero-order valence-corrected chi connectivity index (χ0v) is 5.36. The van der Waals surface area contributed by atoms with E-state index in [0.29, 0.717) is 0 Å². The maximum absolute atomic E-state index is 8.49. The van der Waals surface area contributed by atoms with E-state index in [9.17, 15) is 0 Å². The van der Waals surface area contributed by atoms with Crippen molar-refractivity contribution in [1.82, 2.24) is 0 Å². The number of azo groups is 1. The molecule has 1 heterocycles. The molecule has 0 saturated carbocycles. The standard InChI is InChI=1S/C4H9N5O/c5-3-7-4(6,1-2-10)9-8-3/h10H,1-2,6H2,(H2,5,7). The molecule has 1 atom stereocenters. The van der Waals surface area contributed by atoms with Gasteiger partial charge in [-0.2, -0.15) is 0 Å². The summed E-state index contributed by atoms with van der Waals surface area (Å²) in [6.07, 6.45) is 0.247. The monoisotopic (exact) mass is 143 g/mol. The molecular formula is C4H9N5O. The van der Waals surface area contributed by atoms with Crippen LogP contribution in [0, 0.1) is 0 Å². The molecule has 10 heavy (non-hydrogen) atoms. The van der Waals surface area contributed by atoms with Gasteiger partial charge in [0.05, 0.1) is 0 Å². The van der Waals surface area contributed by atoms with Crippen LogP contribution in [0.4, 0.5) is 0 Å². The second-order valence-corrected chi connectivity index (χ2v) is 2.02. The fraction of sp³-hybridized carbons (Fsp3) is 0.750. The van der Waals surface area contributed by atoms with Gasteiger partial charge in [-0.15, -0.1) is 10.2 Å². The van der Waals surface area contributed by atoms with Crippen molar-refractivity contribution in [1.29, 1.82) is 0 Å². The van der Waals surface area contributed by atoms with Crippen molar-refractivity contribution in [2.24, 2.45) is 26.7 Å². The average Bonchev–Trinajstić information content (AvgIpc) is 2.12. The lowest BCUT2D eigenvalue weighted by Gasteiger charge is -2.11. The Morgan fingerprint density at radius 1 is 1.60 bits per heavy atom. The maximum atomic E-state index is 8.49. The van der Waals surface area contributed by atoms with Crippen LogP contribution in [-0.4, -0.2) is 23.5 Å². The first kappa shape index (κ1) is 7.10. The molecule has 0 aliphatic carbocycles. The number of rotatable bonds is 2. The molecule has 0 aromatic carbocycles. The van der Waals surface area contributed by atoms with Gasteiger partial charge < -0.3 is 10.8 Å². The second-order valence-electron chi connectivity index (χ2n) is 2.02. The van der Waals surface area contributed by atoms with Gasteiger partial charge in [0, 0.05) is 13.0 Å². The Labute approximate surface area is 57.6 Å². The molecule has 0 spiro atoms. The highest BCUT2D eigenvalue weighted by Crippen LogP contribution is 2.15. The summed E-state index contributed by atoms with van der Waals surface area (Å²) in [6.45, 7) is -0.0771. The molecule has 6 nitrogen and oxygen atoms in total. The normalized spacial score (nSPS) is 30.8. The first-order valence-corrected chi connectivity index (χ1v) is 2.84. The van der Waals surface area contributed by atoms with Crippen LogP contribution in [0.3, 0.4) is 0 Å². The molecule has 0 saturated heterocycles. The van der Waals surface area contributed by atoms with Crippen LogP contribution in [0.15, 0.2) is 15.2 Å². The Hall–Kier alpha value is -1.01. The molecule has 5 N–H and O–H groups in total. The number of aliphatic hydroxyl groups excluding tert-OH is 1. The van der Waals surface area contributed by atoms with Crippen LogP contribution in [0.25, 0.3) is 0 Å². The quantitative estimate of drug-likeness (QED) is 0.449. The third kappa shape index (κ3) is 1.28. The molecule has 1 rings (SSSR count). The largest absolute Gasteiger partial charge is 0.396 e. The highest BCUT2D eigenvalue weighted by Gasteiger charge is 2.26. The number of hydrogen-bond donors (Lipinski definition) is 3. The van der Waals surface area contributed by atoms with Crippen molar-refractivity contribution in [3.63, 3.8) is 0 Å². The van der Waals surface area contributed by atoms with E-state index in [1.807, 2.05) is 0 Å². The minimum absolute atomic E-state index is 0.0657. The summed E-state index contributed by atoms with van der Waals surface area (Å²) < 4.78 is 0. The van der Waals surface area contributed by atoms with E-state index in [-0.39, 0.29) is 19.0 Å². The first-order chi connectivity index (χ1) is 4.66. The van der Waals surface area contributed by atoms with E-state index in [1.54, 1.807) is 0 Å². The second kappa shape index (κ2) is 2.31. The fourth-order valence-corrected chi connectivity index (χ4v) is 0.651. The van der Waals surface area contributed by atoms with Crippen molar-refractivity contribution in [3.8, 4) is 0 Å². The van der Waals surface area contributed by atoms with Crippen LogP contribution < -0.4 is 11.5 Å². The zero-order valence-electron chi connectivity index (χ0n) is 5.36. The molecule has 6 heteroatoms. The molecule has 0 amide bonds. The summed E-state index contributed by atoms with van der Waals surface area (Å²) in [4.78, 5) is 3.69. The molecule has 56 valence electrons. The van der Waals surface area contributed by atoms with Gasteiger partial charge >= 0.3 is 0 Å². The smallest absolute Gasteiger partial charge is 0.238 e. The number of nitrogens with two attached hydrogens (primary N) is 2. The van der Waals surface area contributed by atoms with Crippen LogP contribution in [0.5, 0.6) is 0 Å². The number of nitrogens with zero attached hydrogens (tertiary/aromatic N) is 3. The predicted molar refractivity (Wildman–Crippen MR) is 35.1 cm³/mol. The van der Waals surface area contributed by atoms with Crippen LogP contribution >= 0.6 is 0 Å². The molecular weight excluding hydrogens is 134 g/mol. The fourth-order valence-electron chi connectivity index (χ4n) is 0.651. The SMILES string of the molecule is NC1=NC(N)(CCO)N=N1. The minimum Gasteiger partial charge on any atom is -0.396 e. The highest BCUT2D eigenvalue weighted by atomic mass is 16.3. The molecule has 0 bridgehead atoms. The van der Waals surface area contributed by atoms with Crippen LogP contribution in [-0.2, 0) is 0 Å². The van der Waals surface area contributed by atoms with E-state index in [2.05, 4.69) is 15.2 Å². The summed E-state index contributed by atoms with van der Waals surface area (Å²) in [6, 6.07) is 0. The summed E-state index contributed by atoms with van der Waals surface area (Å²) in [7, 11) is 0. The number of guanidine groups is 1. The van der Waals surface area contributed by atoms with Crippen molar-refractivity contribution in [3.05, 3.63) is 0 Å². The Morgan fingerprint density at radius 3 is 2.70 bits per heavy atom. The van der Waals surface area contributed by atoms with Gasteiger partial charge in [0.1, 0.15) is 0 Å². The molecule has 0 aromatic rings. The first-order valence-electron chi connectivity index (χ1n) is 2.84. The topological polar surface area (TPSA) is 109 Å².